The predicted molar refractivity (Wildman–Crippen MR) is 94.4 cm³/mol. The van der Waals surface area contributed by atoms with Crippen LogP contribution in [0.25, 0.3) is 0 Å². The van der Waals surface area contributed by atoms with Gasteiger partial charge in [0, 0.05) is 38.2 Å². The van der Waals surface area contributed by atoms with Crippen molar-refractivity contribution in [1.82, 2.24) is 10.2 Å². The summed E-state index contributed by atoms with van der Waals surface area (Å²) in [5.74, 6) is -0.350. The van der Waals surface area contributed by atoms with E-state index in [9.17, 15) is 19.7 Å². The van der Waals surface area contributed by atoms with Gasteiger partial charge in [0.25, 0.3) is 5.69 Å². The molecule has 1 atom stereocenters. The number of anilines is 1. The summed E-state index contributed by atoms with van der Waals surface area (Å²) in [4.78, 5) is 38.3. The van der Waals surface area contributed by atoms with Gasteiger partial charge in [-0.15, -0.1) is 0 Å². The first kappa shape index (κ1) is 18.7. The van der Waals surface area contributed by atoms with Gasteiger partial charge in [-0.1, -0.05) is 26.0 Å². The van der Waals surface area contributed by atoms with E-state index in [1.54, 1.807) is 23.1 Å². The van der Waals surface area contributed by atoms with Crippen LogP contribution < -0.4 is 10.2 Å². The zero-order valence-corrected chi connectivity index (χ0v) is 14.6. The smallest absolute Gasteiger partial charge is 0.292 e. The molecule has 1 aliphatic rings. The van der Waals surface area contributed by atoms with Crippen molar-refractivity contribution in [1.29, 1.82) is 0 Å². The number of carbonyl (C=O) groups is 2. The van der Waals surface area contributed by atoms with Gasteiger partial charge in [0.05, 0.1) is 11.5 Å². The number of benzene rings is 1. The van der Waals surface area contributed by atoms with E-state index in [1.165, 1.54) is 6.07 Å². The fraction of sp³-hybridized carbons (Fsp3) is 0.529. The third kappa shape index (κ3) is 4.68. The topological polar surface area (TPSA) is 95.8 Å². The van der Waals surface area contributed by atoms with E-state index in [1.807, 2.05) is 18.7 Å². The second-order valence-electron chi connectivity index (χ2n) is 6.14. The lowest BCUT2D eigenvalue weighted by Gasteiger charge is -2.35. The van der Waals surface area contributed by atoms with Crippen LogP contribution in [0.5, 0.6) is 0 Å². The van der Waals surface area contributed by atoms with Gasteiger partial charge in [-0.3, -0.25) is 19.7 Å². The Morgan fingerprint density at radius 3 is 2.48 bits per heavy atom. The lowest BCUT2D eigenvalue weighted by Crippen LogP contribution is -2.51. The van der Waals surface area contributed by atoms with Crippen molar-refractivity contribution in [2.24, 2.45) is 5.92 Å². The summed E-state index contributed by atoms with van der Waals surface area (Å²) in [5.41, 5.74) is 0.646. The molecular formula is C17H24N4O4. The van der Waals surface area contributed by atoms with Crippen molar-refractivity contribution >= 4 is 23.2 Å². The highest BCUT2D eigenvalue weighted by Crippen LogP contribution is 2.28. The molecule has 136 valence electrons. The minimum absolute atomic E-state index is 0.00530. The summed E-state index contributed by atoms with van der Waals surface area (Å²) in [6.45, 7) is 5.74. The third-order valence-electron chi connectivity index (χ3n) is 4.53. The number of hydrogen-bond donors (Lipinski definition) is 1. The summed E-state index contributed by atoms with van der Waals surface area (Å²) >= 11 is 0. The molecule has 0 radical (unpaired) electrons. The Labute approximate surface area is 146 Å². The van der Waals surface area contributed by atoms with Crippen molar-refractivity contribution < 1.29 is 14.5 Å². The van der Waals surface area contributed by atoms with Gasteiger partial charge >= 0.3 is 0 Å². The number of nitro groups is 1. The van der Waals surface area contributed by atoms with Gasteiger partial charge in [0.15, 0.2) is 0 Å². The first-order valence-electron chi connectivity index (χ1n) is 8.47. The molecule has 8 nitrogen and oxygen atoms in total. The number of nitrogens with one attached hydrogen (secondary N) is 1. The van der Waals surface area contributed by atoms with Crippen LogP contribution in [0.2, 0.25) is 0 Å². The van der Waals surface area contributed by atoms with Gasteiger partial charge in [0.2, 0.25) is 11.8 Å². The van der Waals surface area contributed by atoms with Crippen molar-refractivity contribution in [3.63, 3.8) is 0 Å². The average Bonchev–Trinajstić information content (AvgIpc) is 2.65. The Morgan fingerprint density at radius 2 is 1.88 bits per heavy atom. The molecule has 0 aliphatic carbocycles. The maximum Gasteiger partial charge on any atom is 0.292 e. The molecule has 2 amide bonds. The Hall–Kier alpha value is -2.64. The van der Waals surface area contributed by atoms with Gasteiger partial charge in [-0.05, 0) is 12.5 Å². The van der Waals surface area contributed by atoms with Crippen LogP contribution in [0.3, 0.4) is 0 Å². The lowest BCUT2D eigenvalue weighted by atomic mass is 10.1. The van der Waals surface area contributed by atoms with Crippen LogP contribution in [0.4, 0.5) is 11.4 Å². The number of piperazine rings is 1. The fourth-order valence-corrected chi connectivity index (χ4v) is 2.72. The summed E-state index contributed by atoms with van der Waals surface area (Å²) in [6, 6.07) is 6.62. The monoisotopic (exact) mass is 348 g/mol. The summed E-state index contributed by atoms with van der Waals surface area (Å²) in [7, 11) is 0. The third-order valence-corrected chi connectivity index (χ3v) is 4.53. The molecule has 0 spiro atoms. The van der Waals surface area contributed by atoms with Gasteiger partial charge < -0.3 is 15.1 Å². The van der Waals surface area contributed by atoms with Gasteiger partial charge in [0.1, 0.15) is 5.69 Å². The zero-order chi connectivity index (χ0) is 18.4. The Bertz CT molecular complexity index is 641. The summed E-state index contributed by atoms with van der Waals surface area (Å²) < 4.78 is 0. The highest BCUT2D eigenvalue weighted by molar-refractivity contribution is 5.85. The largest absolute Gasteiger partial charge is 0.362 e. The molecule has 8 heteroatoms. The molecule has 0 bridgehead atoms. The van der Waals surface area contributed by atoms with Crippen LogP contribution in [-0.4, -0.2) is 54.4 Å². The van der Waals surface area contributed by atoms with Crippen molar-refractivity contribution in [3.8, 4) is 0 Å². The summed E-state index contributed by atoms with van der Waals surface area (Å²) in [5, 5.41) is 13.8. The van der Waals surface area contributed by atoms with E-state index in [0.29, 0.717) is 31.9 Å². The second kappa shape index (κ2) is 8.46. The molecule has 1 heterocycles. The van der Waals surface area contributed by atoms with Crippen LogP contribution >= 0.6 is 0 Å². The number of nitrogens with zero attached hydrogens (tertiary/aromatic N) is 3. The standard InChI is InChI=1S/C17H24N4O4/c1-3-13(2)17(23)18-12-16(22)20-10-8-19(9-11-20)14-6-4-5-7-15(14)21(24)25/h4-7,13H,3,8-12H2,1-2H3,(H,18,23). The van der Waals surface area contributed by atoms with E-state index >= 15 is 0 Å². The molecule has 1 unspecified atom stereocenters. The maximum absolute atomic E-state index is 12.2. The fourth-order valence-electron chi connectivity index (χ4n) is 2.72. The molecule has 1 saturated heterocycles. The van der Waals surface area contributed by atoms with E-state index in [4.69, 9.17) is 0 Å². The Balaban J connectivity index is 1.88. The quantitative estimate of drug-likeness (QED) is 0.619. The van der Waals surface area contributed by atoms with E-state index in [0.717, 1.165) is 6.42 Å². The molecule has 1 aromatic carbocycles. The summed E-state index contributed by atoms with van der Waals surface area (Å²) in [6.07, 6.45) is 0.731. The molecule has 2 rings (SSSR count). The van der Waals surface area contributed by atoms with Gasteiger partial charge in [-0.2, -0.15) is 0 Å². The molecule has 1 aromatic rings. The first-order chi connectivity index (χ1) is 11.9. The molecule has 1 N–H and O–H groups in total. The van der Waals surface area contributed by atoms with Gasteiger partial charge in [-0.25, -0.2) is 0 Å². The number of amides is 2. The lowest BCUT2D eigenvalue weighted by molar-refractivity contribution is -0.384. The van der Waals surface area contributed by atoms with Crippen molar-refractivity contribution in [2.75, 3.05) is 37.6 Å². The SMILES string of the molecule is CCC(C)C(=O)NCC(=O)N1CCN(c2ccccc2[N+](=O)[O-])CC1. The van der Waals surface area contributed by atoms with Crippen LogP contribution in [0, 0.1) is 16.0 Å². The number of para-hydroxylation sites is 2. The zero-order valence-electron chi connectivity index (χ0n) is 14.6. The second-order valence-corrected chi connectivity index (χ2v) is 6.14. The molecule has 1 fully saturated rings. The average molecular weight is 348 g/mol. The predicted octanol–water partition coefficient (Wildman–Crippen LogP) is 1.41. The van der Waals surface area contributed by atoms with Crippen molar-refractivity contribution in [2.45, 2.75) is 20.3 Å². The maximum atomic E-state index is 12.2. The van der Waals surface area contributed by atoms with Crippen LogP contribution in [-0.2, 0) is 9.59 Å². The normalized spacial score (nSPS) is 15.6. The van der Waals surface area contributed by atoms with E-state index in [-0.39, 0.29) is 30.0 Å². The van der Waals surface area contributed by atoms with E-state index < -0.39 is 4.92 Å². The highest BCUT2D eigenvalue weighted by atomic mass is 16.6. The number of nitro benzene ring substituents is 1. The van der Waals surface area contributed by atoms with Crippen molar-refractivity contribution in [3.05, 3.63) is 34.4 Å². The minimum Gasteiger partial charge on any atom is -0.362 e. The Morgan fingerprint density at radius 1 is 1.24 bits per heavy atom. The van der Waals surface area contributed by atoms with Crippen LogP contribution in [0.15, 0.2) is 24.3 Å². The minimum atomic E-state index is -0.392. The molecule has 0 saturated carbocycles. The number of carbonyl (C=O) groups excluding carboxylic acids is 2. The number of hydrogen-bond acceptors (Lipinski definition) is 5. The highest BCUT2D eigenvalue weighted by Gasteiger charge is 2.25. The number of rotatable bonds is 6. The first-order valence-corrected chi connectivity index (χ1v) is 8.47. The Kier molecular flexibility index (Phi) is 6.32. The molecule has 0 aromatic heterocycles. The molecular weight excluding hydrogens is 324 g/mol. The molecule has 25 heavy (non-hydrogen) atoms. The molecule has 1 aliphatic heterocycles. The van der Waals surface area contributed by atoms with Crippen LogP contribution in [0.1, 0.15) is 20.3 Å². The van der Waals surface area contributed by atoms with E-state index in [2.05, 4.69) is 5.32 Å².